The van der Waals surface area contributed by atoms with Crippen LogP contribution in [0.15, 0.2) is 30.3 Å². The molecule has 17 heavy (non-hydrogen) atoms. The molecule has 0 fully saturated rings. The van der Waals surface area contributed by atoms with Gasteiger partial charge in [-0.15, -0.1) is 0 Å². The molecule has 0 aliphatic carbocycles. The molecule has 0 radical (unpaired) electrons. The van der Waals surface area contributed by atoms with Crippen molar-refractivity contribution in [2.75, 3.05) is 13.7 Å². The van der Waals surface area contributed by atoms with Gasteiger partial charge >= 0.3 is 5.97 Å². The number of esters is 1. The third-order valence-corrected chi connectivity index (χ3v) is 2.68. The molecule has 2 atom stereocenters. The smallest absolute Gasteiger partial charge is 0.311 e. The van der Waals surface area contributed by atoms with Crippen molar-refractivity contribution in [2.24, 2.45) is 11.7 Å². The number of hydrogen-bond donors (Lipinski definition) is 2. The van der Waals surface area contributed by atoms with Gasteiger partial charge in [0.2, 0.25) is 0 Å². The molecule has 0 heterocycles. The summed E-state index contributed by atoms with van der Waals surface area (Å²) in [5.41, 5.74) is 7.08. The van der Waals surface area contributed by atoms with Gasteiger partial charge < -0.3 is 15.6 Å². The molecule has 3 N–H and O–H groups in total. The lowest BCUT2D eigenvalue weighted by molar-refractivity contribution is -0.147. The summed E-state index contributed by atoms with van der Waals surface area (Å²) in [5, 5.41) is 9.09. The van der Waals surface area contributed by atoms with Crippen LogP contribution in [0.5, 0.6) is 0 Å². The van der Waals surface area contributed by atoms with Gasteiger partial charge in [0.15, 0.2) is 0 Å². The minimum absolute atomic E-state index is 0.159. The van der Waals surface area contributed by atoms with Crippen molar-refractivity contribution in [1.82, 2.24) is 0 Å². The zero-order valence-corrected chi connectivity index (χ0v) is 10.0. The number of aliphatic hydroxyl groups is 1. The van der Waals surface area contributed by atoms with Gasteiger partial charge in [0.25, 0.3) is 0 Å². The van der Waals surface area contributed by atoms with Gasteiger partial charge in [-0.05, 0) is 18.4 Å². The average molecular weight is 237 g/mol. The van der Waals surface area contributed by atoms with Gasteiger partial charge in [-0.3, -0.25) is 4.79 Å². The van der Waals surface area contributed by atoms with Crippen LogP contribution >= 0.6 is 0 Å². The van der Waals surface area contributed by atoms with Crippen LogP contribution in [0.2, 0.25) is 0 Å². The van der Waals surface area contributed by atoms with Crippen molar-refractivity contribution >= 4 is 5.97 Å². The highest BCUT2D eigenvalue weighted by Crippen LogP contribution is 2.11. The molecule has 1 aromatic carbocycles. The number of methoxy groups -OCH3 is 1. The molecule has 4 nitrogen and oxygen atoms in total. The molecule has 0 bridgehead atoms. The summed E-state index contributed by atoms with van der Waals surface area (Å²) in [4.78, 5) is 11.3. The lowest BCUT2D eigenvalue weighted by Crippen LogP contribution is -2.31. The summed E-state index contributed by atoms with van der Waals surface area (Å²) in [5.74, 6) is -0.935. The van der Waals surface area contributed by atoms with Gasteiger partial charge in [-0.25, -0.2) is 0 Å². The minimum Gasteiger partial charge on any atom is -0.469 e. The van der Waals surface area contributed by atoms with E-state index in [2.05, 4.69) is 4.74 Å². The molecule has 0 aliphatic rings. The molecule has 0 aliphatic heterocycles. The third-order valence-electron chi connectivity index (χ3n) is 2.68. The summed E-state index contributed by atoms with van der Waals surface area (Å²) in [6.07, 6.45) is 1.12. The van der Waals surface area contributed by atoms with Crippen molar-refractivity contribution < 1.29 is 14.6 Å². The first-order valence-corrected chi connectivity index (χ1v) is 5.65. The quantitative estimate of drug-likeness (QED) is 0.715. The Bertz CT molecular complexity index is 340. The lowest BCUT2D eigenvalue weighted by atomic mass is 9.96. The van der Waals surface area contributed by atoms with E-state index >= 15 is 0 Å². The fourth-order valence-electron chi connectivity index (χ4n) is 1.78. The highest BCUT2D eigenvalue weighted by molar-refractivity contribution is 5.72. The SMILES string of the molecule is COC(=O)[C@@H](CO)C[C@@H](N)Cc1ccccc1. The van der Waals surface area contributed by atoms with Crippen LogP contribution in [-0.4, -0.2) is 30.8 Å². The molecule has 0 spiro atoms. The summed E-state index contributed by atoms with van der Waals surface area (Å²) in [7, 11) is 1.31. The average Bonchev–Trinajstić information content (AvgIpc) is 2.36. The Morgan fingerprint density at radius 3 is 2.59 bits per heavy atom. The summed E-state index contributed by atoms with van der Waals surface area (Å²) < 4.78 is 4.60. The second-order valence-electron chi connectivity index (χ2n) is 4.09. The molecule has 0 saturated carbocycles. The van der Waals surface area contributed by atoms with E-state index in [0.29, 0.717) is 12.8 Å². The van der Waals surface area contributed by atoms with E-state index in [0.717, 1.165) is 5.56 Å². The number of hydrogen-bond acceptors (Lipinski definition) is 4. The molecule has 0 amide bonds. The molecule has 94 valence electrons. The van der Waals surface area contributed by atoms with Crippen LogP contribution in [0.4, 0.5) is 0 Å². The first-order chi connectivity index (χ1) is 8.17. The van der Waals surface area contributed by atoms with Crippen molar-refractivity contribution in [2.45, 2.75) is 18.9 Å². The van der Waals surface area contributed by atoms with E-state index in [1.165, 1.54) is 7.11 Å². The number of nitrogens with two attached hydrogens (primary N) is 1. The molecule has 0 aromatic heterocycles. The van der Waals surface area contributed by atoms with Crippen LogP contribution in [-0.2, 0) is 16.0 Å². The number of carbonyl (C=O) groups excluding carboxylic acids is 1. The topological polar surface area (TPSA) is 72.5 Å². The Morgan fingerprint density at radius 1 is 1.41 bits per heavy atom. The lowest BCUT2D eigenvalue weighted by Gasteiger charge is -2.17. The van der Waals surface area contributed by atoms with Crippen molar-refractivity contribution in [3.8, 4) is 0 Å². The molecule has 0 saturated heterocycles. The number of aliphatic hydroxyl groups excluding tert-OH is 1. The number of rotatable bonds is 6. The fourth-order valence-corrected chi connectivity index (χ4v) is 1.78. The highest BCUT2D eigenvalue weighted by Gasteiger charge is 2.21. The van der Waals surface area contributed by atoms with Gasteiger partial charge in [-0.2, -0.15) is 0 Å². The maximum atomic E-state index is 11.3. The normalized spacial score (nSPS) is 14.1. The van der Waals surface area contributed by atoms with Gasteiger partial charge in [0.1, 0.15) is 0 Å². The molecule has 1 rings (SSSR count). The van der Waals surface area contributed by atoms with Crippen molar-refractivity contribution in [3.05, 3.63) is 35.9 Å². The Balaban J connectivity index is 2.48. The van der Waals surface area contributed by atoms with Crippen molar-refractivity contribution in [1.29, 1.82) is 0 Å². The molecular formula is C13H19NO3. The Kier molecular flexibility index (Phi) is 5.66. The zero-order valence-electron chi connectivity index (χ0n) is 10.0. The molecular weight excluding hydrogens is 218 g/mol. The maximum absolute atomic E-state index is 11.3. The van der Waals surface area contributed by atoms with Crippen LogP contribution in [0.3, 0.4) is 0 Å². The second kappa shape index (κ2) is 7.04. The summed E-state index contributed by atoms with van der Waals surface area (Å²) >= 11 is 0. The predicted octanol–water partition coefficient (Wildman–Crippen LogP) is 0.728. The minimum atomic E-state index is -0.529. The van der Waals surface area contributed by atoms with E-state index < -0.39 is 11.9 Å². The van der Waals surface area contributed by atoms with E-state index in [1.807, 2.05) is 30.3 Å². The van der Waals surface area contributed by atoms with E-state index in [9.17, 15) is 4.79 Å². The van der Waals surface area contributed by atoms with Crippen LogP contribution in [0.25, 0.3) is 0 Å². The highest BCUT2D eigenvalue weighted by atomic mass is 16.5. The fraction of sp³-hybridized carbons (Fsp3) is 0.462. The number of ether oxygens (including phenoxy) is 1. The van der Waals surface area contributed by atoms with Crippen LogP contribution in [0.1, 0.15) is 12.0 Å². The molecule has 0 unspecified atom stereocenters. The van der Waals surface area contributed by atoms with E-state index in [1.54, 1.807) is 0 Å². The Hall–Kier alpha value is -1.39. The molecule has 4 heteroatoms. The number of benzene rings is 1. The van der Waals surface area contributed by atoms with Gasteiger partial charge in [-0.1, -0.05) is 30.3 Å². The van der Waals surface area contributed by atoms with Crippen LogP contribution < -0.4 is 5.73 Å². The molecule has 1 aromatic rings. The first kappa shape index (κ1) is 13.7. The van der Waals surface area contributed by atoms with E-state index in [-0.39, 0.29) is 12.6 Å². The van der Waals surface area contributed by atoms with E-state index in [4.69, 9.17) is 10.8 Å². The van der Waals surface area contributed by atoms with Crippen LogP contribution in [0, 0.1) is 5.92 Å². The first-order valence-electron chi connectivity index (χ1n) is 5.65. The summed E-state index contributed by atoms with van der Waals surface area (Å²) in [6, 6.07) is 9.67. The Labute approximate surface area is 101 Å². The van der Waals surface area contributed by atoms with Crippen molar-refractivity contribution in [3.63, 3.8) is 0 Å². The predicted molar refractivity (Wildman–Crippen MR) is 65.3 cm³/mol. The maximum Gasteiger partial charge on any atom is 0.311 e. The van der Waals surface area contributed by atoms with Gasteiger partial charge in [0.05, 0.1) is 19.6 Å². The second-order valence-corrected chi connectivity index (χ2v) is 4.09. The third kappa shape index (κ3) is 4.54. The number of carbonyl (C=O) groups is 1. The largest absolute Gasteiger partial charge is 0.469 e. The standard InChI is InChI=1S/C13H19NO3/c1-17-13(16)11(9-15)8-12(14)7-10-5-3-2-4-6-10/h2-6,11-12,15H,7-9,14H2,1H3/t11-,12+/m1/s1. The zero-order chi connectivity index (χ0) is 12.7. The van der Waals surface area contributed by atoms with Gasteiger partial charge in [0, 0.05) is 6.04 Å². The Morgan fingerprint density at radius 2 is 2.06 bits per heavy atom. The summed E-state index contributed by atoms with van der Waals surface area (Å²) in [6.45, 7) is -0.227. The monoisotopic (exact) mass is 237 g/mol.